The third-order valence-corrected chi connectivity index (χ3v) is 3.35. The van der Waals surface area contributed by atoms with E-state index in [0.29, 0.717) is 10.7 Å². The number of hydrogen-bond donors (Lipinski definition) is 2. The summed E-state index contributed by atoms with van der Waals surface area (Å²) in [5, 5.41) is 10.2. The molecular formula is C13H13N3O2S. The second kappa shape index (κ2) is 5.27. The van der Waals surface area contributed by atoms with Crippen molar-refractivity contribution in [1.29, 1.82) is 0 Å². The first-order valence-electron chi connectivity index (χ1n) is 5.57. The van der Waals surface area contributed by atoms with Gasteiger partial charge in [-0.15, -0.1) is 0 Å². The number of rotatable bonds is 3. The smallest absolute Gasteiger partial charge is 0.337 e. The fourth-order valence-corrected chi connectivity index (χ4v) is 2.54. The standard InChI is InChI=1S/C13H13N3O2S/c1-7-3-8(2)16-11(4-7)19-12-10(14)5-9(6-15-12)13(17)18/h3-6H,14H2,1-2H3,(H,17,18). The third kappa shape index (κ3) is 3.23. The van der Waals surface area contributed by atoms with E-state index in [-0.39, 0.29) is 5.56 Å². The predicted molar refractivity (Wildman–Crippen MR) is 73.4 cm³/mol. The van der Waals surface area contributed by atoms with Gasteiger partial charge in [0, 0.05) is 11.9 Å². The number of pyridine rings is 2. The van der Waals surface area contributed by atoms with Crippen molar-refractivity contribution in [3.05, 3.63) is 41.2 Å². The highest BCUT2D eigenvalue weighted by molar-refractivity contribution is 7.99. The Morgan fingerprint density at radius 2 is 2.05 bits per heavy atom. The van der Waals surface area contributed by atoms with Crippen LogP contribution in [0.1, 0.15) is 21.6 Å². The molecular weight excluding hydrogens is 262 g/mol. The van der Waals surface area contributed by atoms with Gasteiger partial charge in [0.2, 0.25) is 0 Å². The maximum atomic E-state index is 10.8. The lowest BCUT2D eigenvalue weighted by atomic mass is 10.3. The number of aromatic nitrogens is 2. The summed E-state index contributed by atoms with van der Waals surface area (Å²) in [4.78, 5) is 19.2. The Labute approximate surface area is 114 Å². The van der Waals surface area contributed by atoms with Crippen LogP contribution < -0.4 is 5.73 Å². The van der Waals surface area contributed by atoms with Crippen LogP contribution in [-0.2, 0) is 0 Å². The van der Waals surface area contributed by atoms with Crippen molar-refractivity contribution in [2.24, 2.45) is 0 Å². The van der Waals surface area contributed by atoms with Crippen LogP contribution in [0.3, 0.4) is 0 Å². The minimum absolute atomic E-state index is 0.0789. The van der Waals surface area contributed by atoms with Gasteiger partial charge in [-0.3, -0.25) is 0 Å². The SMILES string of the molecule is Cc1cc(C)nc(Sc2ncc(C(=O)O)cc2N)c1. The molecule has 19 heavy (non-hydrogen) atoms. The van der Waals surface area contributed by atoms with Crippen LogP contribution in [0.5, 0.6) is 0 Å². The Morgan fingerprint density at radius 3 is 2.63 bits per heavy atom. The summed E-state index contributed by atoms with van der Waals surface area (Å²) in [6.45, 7) is 3.91. The Kier molecular flexibility index (Phi) is 3.71. The fraction of sp³-hybridized carbons (Fsp3) is 0.154. The third-order valence-electron chi connectivity index (χ3n) is 2.40. The van der Waals surface area contributed by atoms with Gasteiger partial charge < -0.3 is 10.8 Å². The molecule has 0 amide bonds. The molecule has 0 aliphatic rings. The van der Waals surface area contributed by atoms with Crippen LogP contribution in [0.15, 0.2) is 34.4 Å². The summed E-state index contributed by atoms with van der Waals surface area (Å²) in [5.74, 6) is -1.04. The number of carbonyl (C=O) groups is 1. The number of anilines is 1. The molecule has 0 fully saturated rings. The summed E-state index contributed by atoms with van der Waals surface area (Å²) in [6, 6.07) is 5.32. The van der Waals surface area contributed by atoms with Gasteiger partial charge in [0.1, 0.15) is 10.1 Å². The minimum Gasteiger partial charge on any atom is -0.478 e. The molecule has 6 heteroatoms. The van der Waals surface area contributed by atoms with Gasteiger partial charge in [0.25, 0.3) is 0 Å². The molecule has 3 N–H and O–H groups in total. The molecule has 2 rings (SSSR count). The van der Waals surface area contributed by atoms with Gasteiger partial charge in [-0.05, 0) is 49.4 Å². The average molecular weight is 275 g/mol. The number of nitrogens with two attached hydrogens (primary N) is 1. The van der Waals surface area contributed by atoms with Gasteiger partial charge in [-0.2, -0.15) is 0 Å². The van der Waals surface area contributed by atoms with E-state index < -0.39 is 5.97 Å². The normalized spacial score (nSPS) is 10.4. The maximum absolute atomic E-state index is 10.8. The van der Waals surface area contributed by atoms with Crippen LogP contribution in [0.4, 0.5) is 5.69 Å². The molecule has 0 radical (unpaired) electrons. The van der Waals surface area contributed by atoms with E-state index in [1.165, 1.54) is 24.0 Å². The van der Waals surface area contributed by atoms with Gasteiger partial charge in [-0.25, -0.2) is 14.8 Å². The minimum atomic E-state index is -1.04. The van der Waals surface area contributed by atoms with Gasteiger partial charge >= 0.3 is 5.97 Å². The van der Waals surface area contributed by atoms with Crippen LogP contribution in [-0.4, -0.2) is 21.0 Å². The second-order valence-corrected chi connectivity index (χ2v) is 5.16. The first-order chi connectivity index (χ1) is 8.95. The zero-order chi connectivity index (χ0) is 14.0. The van der Waals surface area contributed by atoms with Crippen molar-refractivity contribution in [1.82, 2.24) is 9.97 Å². The summed E-state index contributed by atoms with van der Waals surface area (Å²) in [5.41, 5.74) is 8.25. The van der Waals surface area contributed by atoms with E-state index in [9.17, 15) is 4.79 Å². The number of nitrogens with zero attached hydrogens (tertiary/aromatic N) is 2. The van der Waals surface area contributed by atoms with Crippen molar-refractivity contribution in [3.63, 3.8) is 0 Å². The van der Waals surface area contributed by atoms with Crippen LogP contribution in [0.2, 0.25) is 0 Å². The van der Waals surface area contributed by atoms with E-state index in [1.54, 1.807) is 0 Å². The summed E-state index contributed by atoms with van der Waals surface area (Å²) in [7, 11) is 0. The van der Waals surface area contributed by atoms with E-state index in [4.69, 9.17) is 10.8 Å². The molecule has 0 saturated carbocycles. The summed E-state index contributed by atoms with van der Waals surface area (Å²) < 4.78 is 0. The molecule has 2 aromatic rings. The number of hydrogen-bond acceptors (Lipinski definition) is 5. The van der Waals surface area contributed by atoms with Crippen LogP contribution in [0, 0.1) is 13.8 Å². The molecule has 0 aliphatic heterocycles. The molecule has 0 bridgehead atoms. The number of aryl methyl sites for hydroxylation is 2. The van der Waals surface area contributed by atoms with Crippen molar-refractivity contribution in [2.45, 2.75) is 23.9 Å². The number of carboxylic acid groups (broad SMARTS) is 1. The van der Waals surface area contributed by atoms with Gasteiger partial charge in [0.05, 0.1) is 11.3 Å². The van der Waals surface area contributed by atoms with Gasteiger partial charge in [0.15, 0.2) is 0 Å². The molecule has 0 saturated heterocycles. The average Bonchev–Trinajstić information content (AvgIpc) is 2.30. The Bertz CT molecular complexity index is 624. The number of aromatic carboxylic acids is 1. The monoisotopic (exact) mass is 275 g/mol. The topological polar surface area (TPSA) is 89.1 Å². The molecule has 0 aromatic carbocycles. The molecule has 5 nitrogen and oxygen atoms in total. The van der Waals surface area contributed by atoms with E-state index in [2.05, 4.69) is 9.97 Å². The van der Waals surface area contributed by atoms with Crippen molar-refractivity contribution in [2.75, 3.05) is 5.73 Å². The summed E-state index contributed by atoms with van der Waals surface area (Å²) >= 11 is 1.32. The highest BCUT2D eigenvalue weighted by atomic mass is 32.2. The zero-order valence-corrected chi connectivity index (χ0v) is 11.4. The molecule has 0 atom stereocenters. The van der Waals surface area contributed by atoms with E-state index in [0.717, 1.165) is 16.3 Å². The lowest BCUT2D eigenvalue weighted by molar-refractivity contribution is 0.0696. The number of nitrogen functional groups attached to an aromatic ring is 1. The molecule has 2 aromatic heterocycles. The molecule has 0 aliphatic carbocycles. The molecule has 0 unspecified atom stereocenters. The Balaban J connectivity index is 2.30. The largest absolute Gasteiger partial charge is 0.478 e. The van der Waals surface area contributed by atoms with Crippen molar-refractivity contribution < 1.29 is 9.90 Å². The first kappa shape index (κ1) is 13.4. The number of carboxylic acids is 1. The Morgan fingerprint density at radius 1 is 1.32 bits per heavy atom. The lowest BCUT2D eigenvalue weighted by Gasteiger charge is -2.06. The van der Waals surface area contributed by atoms with E-state index in [1.807, 2.05) is 26.0 Å². The van der Waals surface area contributed by atoms with Crippen LogP contribution >= 0.6 is 11.8 Å². The van der Waals surface area contributed by atoms with Crippen molar-refractivity contribution in [3.8, 4) is 0 Å². The maximum Gasteiger partial charge on any atom is 0.337 e. The van der Waals surface area contributed by atoms with Crippen LogP contribution in [0.25, 0.3) is 0 Å². The second-order valence-electron chi connectivity index (χ2n) is 4.15. The predicted octanol–water partition coefficient (Wildman–Crippen LogP) is 2.53. The highest BCUT2D eigenvalue weighted by Crippen LogP contribution is 2.30. The summed E-state index contributed by atoms with van der Waals surface area (Å²) in [6.07, 6.45) is 1.30. The zero-order valence-electron chi connectivity index (χ0n) is 10.5. The molecule has 98 valence electrons. The molecule has 2 heterocycles. The van der Waals surface area contributed by atoms with Gasteiger partial charge in [-0.1, -0.05) is 0 Å². The van der Waals surface area contributed by atoms with E-state index >= 15 is 0 Å². The first-order valence-corrected chi connectivity index (χ1v) is 6.39. The fourth-order valence-electron chi connectivity index (χ4n) is 1.63. The quantitative estimate of drug-likeness (QED) is 0.894. The molecule has 0 spiro atoms. The lowest BCUT2D eigenvalue weighted by Crippen LogP contribution is -2.01. The Hall–Kier alpha value is -2.08. The van der Waals surface area contributed by atoms with Crippen molar-refractivity contribution >= 4 is 23.4 Å². The highest BCUT2D eigenvalue weighted by Gasteiger charge is 2.10.